The summed E-state index contributed by atoms with van der Waals surface area (Å²) < 4.78 is 27.9. The first-order valence-corrected chi connectivity index (χ1v) is 13.9. The summed E-state index contributed by atoms with van der Waals surface area (Å²) in [6.07, 6.45) is 5.30. The first-order valence-electron chi connectivity index (χ1n) is 13.5. The van der Waals surface area contributed by atoms with Gasteiger partial charge in [-0.3, -0.25) is 9.69 Å². The Balaban J connectivity index is 1.81. The molecule has 3 rings (SSSR count). The third-order valence-corrected chi connectivity index (χ3v) is 7.34. The highest BCUT2D eigenvalue weighted by Crippen LogP contribution is 2.28. The number of rotatable bonds is 14. The third-order valence-electron chi connectivity index (χ3n) is 7.14. The molecule has 1 aliphatic rings. The van der Waals surface area contributed by atoms with Crippen LogP contribution < -0.4 is 10.6 Å². The van der Waals surface area contributed by atoms with Crippen molar-refractivity contribution in [3.05, 3.63) is 82.0 Å². The fourth-order valence-corrected chi connectivity index (χ4v) is 5.03. The molecule has 0 aliphatic carbocycles. The third kappa shape index (κ3) is 8.67. The second kappa shape index (κ2) is 14.7. The average Bonchev–Trinajstić information content (AvgIpc) is 2.90. The van der Waals surface area contributed by atoms with Crippen LogP contribution in [0.15, 0.2) is 58.7 Å². The predicted molar refractivity (Wildman–Crippen MR) is 153 cm³/mol. The molecule has 0 saturated heterocycles. The Morgan fingerprint density at radius 3 is 2.54 bits per heavy atom. The summed E-state index contributed by atoms with van der Waals surface area (Å²) >= 11 is 6.25. The van der Waals surface area contributed by atoms with E-state index >= 15 is 0 Å². The van der Waals surface area contributed by atoms with Crippen molar-refractivity contribution in [1.82, 2.24) is 15.5 Å². The molecular formula is C30H39ClF2N4O2. The minimum atomic E-state index is -1.10. The number of unbranched alkanes of at least 4 members (excludes halogenated alkanes) is 1. The Bertz CT molecular complexity index is 1160. The number of aliphatic hydroxyl groups is 1. The molecular weight excluding hydrogens is 522 g/mol. The number of amides is 1. The number of benzene rings is 2. The van der Waals surface area contributed by atoms with Crippen molar-refractivity contribution in [2.24, 2.45) is 4.99 Å². The van der Waals surface area contributed by atoms with E-state index in [1.165, 1.54) is 17.7 Å². The lowest BCUT2D eigenvalue weighted by Gasteiger charge is -2.40. The van der Waals surface area contributed by atoms with Gasteiger partial charge in [-0.15, -0.1) is 0 Å². The Hall–Kier alpha value is -2.65. The molecule has 3 N–H and O–H groups in total. The maximum atomic E-state index is 14.0. The van der Waals surface area contributed by atoms with Gasteiger partial charge in [-0.05, 0) is 67.8 Å². The first kappa shape index (κ1) is 30.9. The van der Waals surface area contributed by atoms with E-state index in [0.29, 0.717) is 25.1 Å². The normalized spacial score (nSPS) is 18.6. The summed E-state index contributed by atoms with van der Waals surface area (Å²) in [6, 6.07) is 10.6. The fourth-order valence-electron chi connectivity index (χ4n) is 4.78. The highest BCUT2D eigenvalue weighted by molar-refractivity contribution is 6.30. The standard InChI is InChI=1S/C30H39ClF2N4O2/c1-4-6-12-37(3)30(10-11-35-28(31)18-30)29(39)36-26(16-23-14-24(32)17-25(33)15-23)27(38)20-34-19-22-9-7-8-21(5-2)13-22/h7-9,11,13-15,17-18,26-27,34,38H,4-6,10,12,16,19-20H2,1-3H3,(H,36,39)/t26-,27+,30?/m0/s1. The molecule has 0 bridgehead atoms. The van der Waals surface area contributed by atoms with Crippen LogP contribution in [-0.4, -0.2) is 60.0 Å². The summed E-state index contributed by atoms with van der Waals surface area (Å²) in [5, 5.41) is 17.6. The van der Waals surface area contributed by atoms with Crippen molar-refractivity contribution in [2.45, 2.75) is 70.2 Å². The second-order valence-electron chi connectivity index (χ2n) is 10.1. The van der Waals surface area contributed by atoms with Gasteiger partial charge in [-0.25, -0.2) is 13.8 Å². The molecule has 1 unspecified atom stereocenters. The molecule has 2 aromatic carbocycles. The molecule has 1 aliphatic heterocycles. The molecule has 6 nitrogen and oxygen atoms in total. The fraction of sp³-hybridized carbons (Fsp3) is 0.467. The van der Waals surface area contributed by atoms with Crippen molar-refractivity contribution in [1.29, 1.82) is 0 Å². The van der Waals surface area contributed by atoms with Crippen LogP contribution in [0.2, 0.25) is 0 Å². The predicted octanol–water partition coefficient (Wildman–Crippen LogP) is 4.73. The van der Waals surface area contributed by atoms with Crippen molar-refractivity contribution < 1.29 is 18.7 Å². The SMILES string of the molecule is CCCCN(C)C1(C(=O)N[C@@H](Cc2cc(F)cc(F)c2)[C@H](O)CNCc2cccc(CC)c2)C=C(Cl)N=CC1. The van der Waals surface area contributed by atoms with E-state index in [1.807, 2.05) is 24.1 Å². The smallest absolute Gasteiger partial charge is 0.245 e. The number of aliphatic hydroxyl groups excluding tert-OH is 1. The monoisotopic (exact) mass is 560 g/mol. The minimum Gasteiger partial charge on any atom is -0.390 e. The summed E-state index contributed by atoms with van der Waals surface area (Å²) in [5.41, 5.74) is 1.52. The Morgan fingerprint density at radius 2 is 1.87 bits per heavy atom. The zero-order chi connectivity index (χ0) is 28.4. The largest absolute Gasteiger partial charge is 0.390 e. The van der Waals surface area contributed by atoms with Crippen molar-refractivity contribution in [2.75, 3.05) is 20.1 Å². The van der Waals surface area contributed by atoms with Gasteiger partial charge in [0.2, 0.25) is 5.91 Å². The maximum absolute atomic E-state index is 14.0. The van der Waals surface area contributed by atoms with Crippen LogP contribution in [0.1, 0.15) is 49.8 Å². The molecule has 0 fully saturated rings. The molecule has 1 amide bonds. The van der Waals surface area contributed by atoms with Crippen molar-refractivity contribution in [3.63, 3.8) is 0 Å². The summed E-state index contributed by atoms with van der Waals surface area (Å²) in [5.74, 6) is -1.79. The zero-order valence-electron chi connectivity index (χ0n) is 22.9. The van der Waals surface area contributed by atoms with E-state index in [4.69, 9.17) is 11.6 Å². The van der Waals surface area contributed by atoms with Crippen molar-refractivity contribution >= 4 is 23.7 Å². The van der Waals surface area contributed by atoms with E-state index in [-0.39, 0.29) is 24.0 Å². The van der Waals surface area contributed by atoms with Gasteiger partial charge < -0.3 is 15.7 Å². The van der Waals surface area contributed by atoms with Gasteiger partial charge in [-0.1, -0.05) is 56.1 Å². The molecule has 0 saturated carbocycles. The number of hydrogen-bond donors (Lipinski definition) is 3. The van der Waals surface area contributed by atoms with Gasteiger partial charge in [0.05, 0.1) is 12.1 Å². The highest BCUT2D eigenvalue weighted by atomic mass is 35.5. The molecule has 1 heterocycles. The van der Waals surface area contributed by atoms with E-state index in [1.54, 1.807) is 12.3 Å². The Morgan fingerprint density at radius 1 is 1.15 bits per heavy atom. The van der Waals surface area contributed by atoms with Crippen LogP contribution in [-0.2, 0) is 24.2 Å². The Labute approximate surface area is 235 Å². The number of likely N-dealkylation sites (N-methyl/N-ethyl adjacent to an activating group) is 1. The minimum absolute atomic E-state index is 0.0366. The van der Waals surface area contributed by atoms with Crippen LogP contribution >= 0.6 is 11.6 Å². The van der Waals surface area contributed by atoms with Crippen LogP contribution in [0, 0.1) is 11.6 Å². The van der Waals surface area contributed by atoms with Crippen LogP contribution in [0.3, 0.4) is 0 Å². The van der Waals surface area contributed by atoms with Crippen LogP contribution in [0.5, 0.6) is 0 Å². The molecule has 0 aromatic heterocycles. The lowest BCUT2D eigenvalue weighted by atomic mass is 9.89. The van der Waals surface area contributed by atoms with Gasteiger partial charge in [0.1, 0.15) is 22.3 Å². The summed E-state index contributed by atoms with van der Waals surface area (Å²) in [7, 11) is 1.86. The van der Waals surface area contributed by atoms with E-state index in [2.05, 4.69) is 41.6 Å². The molecule has 3 atom stereocenters. The number of carbonyl (C=O) groups is 1. The number of nitrogens with one attached hydrogen (secondary N) is 2. The molecule has 2 aromatic rings. The molecule has 9 heteroatoms. The zero-order valence-corrected chi connectivity index (χ0v) is 23.6. The maximum Gasteiger partial charge on any atom is 0.245 e. The lowest BCUT2D eigenvalue weighted by Crippen LogP contribution is -2.61. The van der Waals surface area contributed by atoms with Gasteiger partial charge in [-0.2, -0.15) is 0 Å². The average molecular weight is 561 g/mol. The second-order valence-corrected chi connectivity index (χ2v) is 10.5. The number of halogens is 3. The van der Waals surface area contributed by atoms with E-state index in [9.17, 15) is 18.7 Å². The molecule has 0 spiro atoms. The lowest BCUT2D eigenvalue weighted by molar-refractivity contribution is -0.131. The van der Waals surface area contributed by atoms with Crippen LogP contribution in [0.4, 0.5) is 8.78 Å². The van der Waals surface area contributed by atoms with Gasteiger partial charge in [0.25, 0.3) is 0 Å². The van der Waals surface area contributed by atoms with Gasteiger partial charge >= 0.3 is 0 Å². The van der Waals surface area contributed by atoms with Gasteiger partial charge in [0.15, 0.2) is 0 Å². The van der Waals surface area contributed by atoms with Crippen LogP contribution in [0.25, 0.3) is 0 Å². The summed E-state index contributed by atoms with van der Waals surface area (Å²) in [6.45, 7) is 5.50. The van der Waals surface area contributed by atoms with E-state index < -0.39 is 29.3 Å². The molecule has 212 valence electrons. The summed E-state index contributed by atoms with van der Waals surface area (Å²) in [4.78, 5) is 19.9. The topological polar surface area (TPSA) is 77.0 Å². The first-order chi connectivity index (χ1) is 18.7. The van der Waals surface area contributed by atoms with E-state index in [0.717, 1.165) is 30.9 Å². The number of nitrogens with zero attached hydrogens (tertiary/aromatic N) is 2. The number of hydrogen-bond acceptors (Lipinski definition) is 5. The Kier molecular flexibility index (Phi) is 11.6. The quantitative estimate of drug-likeness (QED) is 0.292. The molecule has 0 radical (unpaired) electrons. The molecule has 39 heavy (non-hydrogen) atoms. The number of carbonyl (C=O) groups excluding carboxylic acids is 1. The number of aryl methyl sites for hydroxylation is 1. The van der Waals surface area contributed by atoms with Crippen molar-refractivity contribution in [3.8, 4) is 0 Å². The number of aliphatic imine (C=N–C) groups is 1. The van der Waals surface area contributed by atoms with Gasteiger partial charge in [0, 0.05) is 31.8 Å². The highest BCUT2D eigenvalue weighted by Gasteiger charge is 2.42.